The maximum absolute atomic E-state index is 11.0. The van der Waals surface area contributed by atoms with Crippen LogP contribution in [0.25, 0.3) is 5.57 Å². The van der Waals surface area contributed by atoms with Crippen LogP contribution in [0.5, 0.6) is 5.88 Å². The lowest BCUT2D eigenvalue weighted by molar-refractivity contribution is 0.455. The van der Waals surface area contributed by atoms with Crippen LogP contribution < -0.4 is 4.87 Å². The van der Waals surface area contributed by atoms with E-state index in [4.69, 9.17) is 0 Å². The van der Waals surface area contributed by atoms with E-state index in [1.807, 2.05) is 30.3 Å². The van der Waals surface area contributed by atoms with E-state index in [0.29, 0.717) is 10.5 Å². The van der Waals surface area contributed by atoms with Crippen molar-refractivity contribution in [2.24, 2.45) is 0 Å². The van der Waals surface area contributed by atoms with E-state index in [9.17, 15) is 9.90 Å². The Morgan fingerprint density at radius 1 is 1.33 bits per heavy atom. The van der Waals surface area contributed by atoms with E-state index in [-0.39, 0.29) is 10.8 Å². The summed E-state index contributed by atoms with van der Waals surface area (Å²) in [5.41, 5.74) is 1.54. The normalized spacial score (nSPS) is 10.1. The number of thiazole rings is 1. The zero-order valence-corrected chi connectivity index (χ0v) is 8.67. The number of rotatable bonds is 2. The molecule has 2 aromatic rings. The van der Waals surface area contributed by atoms with Crippen molar-refractivity contribution in [2.75, 3.05) is 0 Å². The molecule has 3 nitrogen and oxygen atoms in total. The molecule has 0 unspecified atom stereocenters. The highest BCUT2D eigenvalue weighted by Crippen LogP contribution is 2.29. The fourth-order valence-electron chi connectivity index (χ4n) is 1.29. The van der Waals surface area contributed by atoms with Crippen LogP contribution in [0.15, 0.2) is 41.7 Å². The van der Waals surface area contributed by atoms with E-state index in [2.05, 4.69) is 11.6 Å². The van der Waals surface area contributed by atoms with Crippen molar-refractivity contribution in [2.45, 2.75) is 0 Å². The molecule has 0 spiro atoms. The Labute approximate surface area is 90.3 Å². The largest absolute Gasteiger partial charge is 0.493 e. The Morgan fingerprint density at radius 2 is 2.00 bits per heavy atom. The van der Waals surface area contributed by atoms with Crippen molar-refractivity contribution >= 4 is 16.9 Å². The van der Waals surface area contributed by atoms with Crippen molar-refractivity contribution in [1.29, 1.82) is 0 Å². The van der Waals surface area contributed by atoms with Gasteiger partial charge < -0.3 is 5.11 Å². The molecule has 0 saturated heterocycles. The highest BCUT2D eigenvalue weighted by molar-refractivity contribution is 7.10. The average molecular weight is 219 g/mol. The van der Waals surface area contributed by atoms with Gasteiger partial charge >= 0.3 is 4.87 Å². The third-order valence-corrected chi connectivity index (χ3v) is 2.96. The van der Waals surface area contributed by atoms with Gasteiger partial charge in [0.25, 0.3) is 0 Å². The molecule has 4 heteroatoms. The Hall–Kier alpha value is -1.81. The van der Waals surface area contributed by atoms with Crippen molar-refractivity contribution in [3.05, 3.63) is 57.0 Å². The number of H-pyrrole nitrogens is 1. The molecule has 0 amide bonds. The summed E-state index contributed by atoms with van der Waals surface area (Å²) in [5.74, 6) is -0.112. The second kappa shape index (κ2) is 3.74. The summed E-state index contributed by atoms with van der Waals surface area (Å²) < 4.78 is 0. The molecule has 2 N–H and O–H groups in total. The van der Waals surface area contributed by atoms with Crippen molar-refractivity contribution < 1.29 is 5.11 Å². The number of aromatic nitrogens is 1. The quantitative estimate of drug-likeness (QED) is 0.813. The van der Waals surface area contributed by atoms with Gasteiger partial charge in [0.2, 0.25) is 5.88 Å². The van der Waals surface area contributed by atoms with Crippen molar-refractivity contribution in [1.82, 2.24) is 4.98 Å². The van der Waals surface area contributed by atoms with Crippen LogP contribution in [0.1, 0.15) is 10.4 Å². The molecular weight excluding hydrogens is 210 g/mol. The van der Waals surface area contributed by atoms with Crippen LogP contribution >= 0.6 is 11.3 Å². The molecule has 76 valence electrons. The average Bonchev–Trinajstić information content (AvgIpc) is 2.58. The second-order valence-electron chi connectivity index (χ2n) is 3.04. The molecule has 0 aliphatic rings. The van der Waals surface area contributed by atoms with E-state index < -0.39 is 0 Å². The summed E-state index contributed by atoms with van der Waals surface area (Å²) in [6.07, 6.45) is 0. The summed E-state index contributed by atoms with van der Waals surface area (Å²) in [4.78, 5) is 13.5. The number of benzene rings is 1. The van der Waals surface area contributed by atoms with Crippen molar-refractivity contribution in [3.63, 3.8) is 0 Å². The number of aromatic hydroxyl groups is 1. The fraction of sp³-hybridized carbons (Fsp3) is 0. The molecule has 0 aliphatic carbocycles. The summed E-state index contributed by atoms with van der Waals surface area (Å²) in [6.45, 7) is 3.86. The van der Waals surface area contributed by atoms with E-state index >= 15 is 0 Å². The minimum Gasteiger partial charge on any atom is -0.493 e. The molecule has 0 radical (unpaired) electrons. The predicted molar refractivity (Wildman–Crippen MR) is 61.2 cm³/mol. The first-order valence-corrected chi connectivity index (χ1v) is 5.17. The molecule has 1 heterocycles. The van der Waals surface area contributed by atoms with Gasteiger partial charge in [-0.1, -0.05) is 48.2 Å². The first kappa shape index (κ1) is 9.73. The van der Waals surface area contributed by atoms with Gasteiger partial charge in [-0.15, -0.1) is 0 Å². The molecule has 0 fully saturated rings. The van der Waals surface area contributed by atoms with Gasteiger partial charge in [0.1, 0.15) is 0 Å². The SMILES string of the molecule is C=C(c1ccccc1)c1sc(=O)[nH]c1O. The standard InChI is InChI=1S/C11H9NO2S/c1-7(8-5-3-2-4-6-8)9-10(13)12-11(14)15-9/h2-6,13H,1H2,(H,12,14). The third kappa shape index (κ3) is 1.85. The van der Waals surface area contributed by atoms with Gasteiger partial charge in [-0.25, -0.2) is 0 Å². The Morgan fingerprint density at radius 3 is 2.53 bits per heavy atom. The molecule has 0 bridgehead atoms. The topological polar surface area (TPSA) is 53.1 Å². The van der Waals surface area contributed by atoms with E-state index in [1.165, 1.54) is 0 Å². The monoisotopic (exact) mass is 219 g/mol. The minimum absolute atomic E-state index is 0.112. The van der Waals surface area contributed by atoms with Crippen LogP contribution in [-0.4, -0.2) is 10.1 Å². The first-order valence-electron chi connectivity index (χ1n) is 4.35. The molecule has 15 heavy (non-hydrogen) atoms. The summed E-state index contributed by atoms with van der Waals surface area (Å²) >= 11 is 0.957. The highest BCUT2D eigenvalue weighted by atomic mass is 32.1. The molecule has 2 rings (SSSR count). The van der Waals surface area contributed by atoms with Crippen LogP contribution in [0.3, 0.4) is 0 Å². The zero-order chi connectivity index (χ0) is 10.8. The lowest BCUT2D eigenvalue weighted by Crippen LogP contribution is -1.89. The minimum atomic E-state index is -0.278. The lowest BCUT2D eigenvalue weighted by Gasteiger charge is -2.02. The summed E-state index contributed by atoms with van der Waals surface area (Å²) in [6, 6.07) is 9.42. The number of hydrogen-bond donors (Lipinski definition) is 2. The molecule has 0 saturated carbocycles. The maximum Gasteiger partial charge on any atom is 0.307 e. The van der Waals surface area contributed by atoms with Crippen LogP contribution in [0.2, 0.25) is 0 Å². The Kier molecular flexibility index (Phi) is 2.43. The second-order valence-corrected chi connectivity index (χ2v) is 4.02. The summed E-state index contributed by atoms with van der Waals surface area (Å²) in [7, 11) is 0. The van der Waals surface area contributed by atoms with E-state index in [1.54, 1.807) is 0 Å². The van der Waals surface area contributed by atoms with Crippen LogP contribution in [0.4, 0.5) is 0 Å². The molecular formula is C11H9NO2S. The van der Waals surface area contributed by atoms with Crippen LogP contribution in [0, 0.1) is 0 Å². The Bertz CT molecular complexity index is 539. The van der Waals surface area contributed by atoms with Crippen LogP contribution in [-0.2, 0) is 0 Å². The smallest absolute Gasteiger partial charge is 0.307 e. The van der Waals surface area contributed by atoms with Gasteiger partial charge in [-0.3, -0.25) is 9.78 Å². The number of nitrogens with one attached hydrogen (secondary N) is 1. The van der Waals surface area contributed by atoms with Gasteiger partial charge in [0, 0.05) is 0 Å². The molecule has 1 aromatic heterocycles. The molecule has 0 aliphatic heterocycles. The predicted octanol–water partition coefficient (Wildman–Crippen LogP) is 2.20. The van der Waals surface area contributed by atoms with Gasteiger partial charge in [0.15, 0.2) is 0 Å². The van der Waals surface area contributed by atoms with Gasteiger partial charge in [-0.2, -0.15) is 0 Å². The summed E-state index contributed by atoms with van der Waals surface area (Å²) in [5, 5.41) is 9.46. The van der Waals surface area contributed by atoms with E-state index in [0.717, 1.165) is 16.9 Å². The maximum atomic E-state index is 11.0. The lowest BCUT2D eigenvalue weighted by atomic mass is 10.1. The fourth-order valence-corrected chi connectivity index (χ4v) is 2.02. The number of aromatic amines is 1. The third-order valence-electron chi connectivity index (χ3n) is 2.03. The zero-order valence-electron chi connectivity index (χ0n) is 7.86. The van der Waals surface area contributed by atoms with Gasteiger partial charge in [0.05, 0.1) is 4.88 Å². The van der Waals surface area contributed by atoms with Gasteiger partial charge in [-0.05, 0) is 11.1 Å². The number of hydrogen-bond acceptors (Lipinski definition) is 3. The van der Waals surface area contributed by atoms with Crippen molar-refractivity contribution in [3.8, 4) is 5.88 Å². The first-order chi connectivity index (χ1) is 7.18. The highest BCUT2D eigenvalue weighted by Gasteiger charge is 2.11. The Balaban J connectivity index is 2.46. The molecule has 0 atom stereocenters. The molecule has 1 aromatic carbocycles.